The van der Waals surface area contributed by atoms with Gasteiger partial charge in [0.15, 0.2) is 0 Å². The molecular weight excluding hydrogens is 224 g/mol. The average Bonchev–Trinajstić information content (AvgIpc) is 2.39. The van der Waals surface area contributed by atoms with Gasteiger partial charge in [-0.2, -0.15) is 11.8 Å². The third-order valence-corrected chi connectivity index (χ3v) is 3.44. The fourth-order valence-corrected chi connectivity index (χ4v) is 2.56. The molecule has 86 valence electrons. The highest BCUT2D eigenvalue weighted by Gasteiger charge is 2.21. The Hall–Kier alpha value is -1.23. The van der Waals surface area contributed by atoms with Crippen LogP contribution in [-0.4, -0.2) is 47.5 Å². The molecule has 0 aromatic carbocycles. The van der Waals surface area contributed by atoms with Crippen molar-refractivity contribution in [3.63, 3.8) is 0 Å². The Kier molecular flexibility index (Phi) is 3.66. The van der Waals surface area contributed by atoms with Crippen LogP contribution in [0.2, 0.25) is 0 Å². The molecule has 1 aromatic rings. The zero-order valence-electron chi connectivity index (χ0n) is 9.18. The number of pyridine rings is 1. The van der Waals surface area contributed by atoms with Crippen LogP contribution in [0.25, 0.3) is 0 Å². The molecule has 1 aliphatic heterocycles. The molecule has 0 bridgehead atoms. The number of hydrogen-bond acceptors (Lipinski definition) is 4. The second-order valence-electron chi connectivity index (χ2n) is 3.46. The molecular formula is C11H14N2O2S. The number of carbonyl (C=O) groups is 1. The van der Waals surface area contributed by atoms with Crippen molar-refractivity contribution >= 4 is 17.7 Å². The summed E-state index contributed by atoms with van der Waals surface area (Å²) in [5.41, 5.74) is 0.553. The van der Waals surface area contributed by atoms with Gasteiger partial charge in [-0.05, 0) is 12.1 Å². The first kappa shape index (κ1) is 11.3. The number of ether oxygens (including phenoxy) is 1. The summed E-state index contributed by atoms with van der Waals surface area (Å²) in [6.07, 6.45) is 1.63. The van der Waals surface area contributed by atoms with Crippen LogP contribution in [0.15, 0.2) is 18.3 Å². The van der Waals surface area contributed by atoms with Crippen molar-refractivity contribution in [2.75, 3.05) is 31.7 Å². The van der Waals surface area contributed by atoms with Gasteiger partial charge in [-0.1, -0.05) is 0 Å². The largest absolute Gasteiger partial charge is 0.480 e. The minimum Gasteiger partial charge on any atom is -0.480 e. The smallest absolute Gasteiger partial charge is 0.259 e. The molecule has 16 heavy (non-hydrogen) atoms. The SMILES string of the molecule is COc1ncccc1C(=O)N1CCSCC1. The van der Waals surface area contributed by atoms with E-state index < -0.39 is 0 Å². The first-order chi connectivity index (χ1) is 7.83. The van der Waals surface area contributed by atoms with Gasteiger partial charge in [0.05, 0.1) is 7.11 Å². The van der Waals surface area contributed by atoms with E-state index >= 15 is 0 Å². The predicted molar refractivity (Wildman–Crippen MR) is 64.0 cm³/mol. The number of aromatic nitrogens is 1. The molecule has 1 aromatic heterocycles. The number of thioether (sulfide) groups is 1. The maximum absolute atomic E-state index is 12.2. The van der Waals surface area contributed by atoms with Crippen molar-refractivity contribution in [2.45, 2.75) is 0 Å². The highest BCUT2D eigenvalue weighted by atomic mass is 32.2. The van der Waals surface area contributed by atoms with Gasteiger partial charge in [-0.3, -0.25) is 4.79 Å². The summed E-state index contributed by atoms with van der Waals surface area (Å²) in [5, 5.41) is 0. The van der Waals surface area contributed by atoms with Crippen LogP contribution in [0, 0.1) is 0 Å². The third-order valence-electron chi connectivity index (χ3n) is 2.49. The Morgan fingerprint density at radius 3 is 2.94 bits per heavy atom. The summed E-state index contributed by atoms with van der Waals surface area (Å²) >= 11 is 1.88. The Balaban J connectivity index is 2.19. The topological polar surface area (TPSA) is 42.4 Å². The predicted octanol–water partition coefficient (Wildman–Crippen LogP) is 1.28. The minimum atomic E-state index is 0.0188. The van der Waals surface area contributed by atoms with Crippen molar-refractivity contribution in [2.24, 2.45) is 0 Å². The number of nitrogens with zero attached hydrogens (tertiary/aromatic N) is 2. The van der Waals surface area contributed by atoms with E-state index in [-0.39, 0.29) is 5.91 Å². The molecule has 2 rings (SSSR count). The van der Waals surface area contributed by atoms with E-state index in [2.05, 4.69) is 4.98 Å². The summed E-state index contributed by atoms with van der Waals surface area (Å²) < 4.78 is 5.09. The highest BCUT2D eigenvalue weighted by molar-refractivity contribution is 7.99. The molecule has 0 N–H and O–H groups in total. The van der Waals surface area contributed by atoms with Crippen molar-refractivity contribution in [3.05, 3.63) is 23.9 Å². The Bertz CT molecular complexity index is 378. The summed E-state index contributed by atoms with van der Waals surface area (Å²) in [6.45, 7) is 1.61. The number of hydrogen-bond donors (Lipinski definition) is 0. The molecule has 2 heterocycles. The van der Waals surface area contributed by atoms with E-state index in [0.29, 0.717) is 11.4 Å². The lowest BCUT2D eigenvalue weighted by molar-refractivity contribution is 0.0768. The van der Waals surface area contributed by atoms with Crippen molar-refractivity contribution in [1.29, 1.82) is 0 Å². The lowest BCUT2D eigenvalue weighted by Crippen LogP contribution is -2.38. The van der Waals surface area contributed by atoms with Gasteiger partial charge >= 0.3 is 0 Å². The quantitative estimate of drug-likeness (QED) is 0.778. The van der Waals surface area contributed by atoms with Gasteiger partial charge in [0.1, 0.15) is 5.56 Å². The number of carbonyl (C=O) groups excluding carboxylic acids is 1. The Morgan fingerprint density at radius 2 is 2.25 bits per heavy atom. The van der Waals surface area contributed by atoms with Gasteiger partial charge in [-0.25, -0.2) is 4.98 Å². The first-order valence-electron chi connectivity index (χ1n) is 5.19. The van der Waals surface area contributed by atoms with Crippen molar-refractivity contribution in [3.8, 4) is 5.88 Å². The van der Waals surface area contributed by atoms with Crippen LogP contribution >= 0.6 is 11.8 Å². The normalized spacial score (nSPS) is 15.9. The zero-order chi connectivity index (χ0) is 11.4. The first-order valence-corrected chi connectivity index (χ1v) is 6.34. The summed E-state index contributed by atoms with van der Waals surface area (Å²) in [5.74, 6) is 2.44. The van der Waals surface area contributed by atoms with Gasteiger partial charge in [0, 0.05) is 30.8 Å². The number of rotatable bonds is 2. The number of methoxy groups -OCH3 is 1. The summed E-state index contributed by atoms with van der Waals surface area (Å²) in [6, 6.07) is 3.52. The Morgan fingerprint density at radius 1 is 1.50 bits per heavy atom. The molecule has 0 aliphatic carbocycles. The van der Waals surface area contributed by atoms with Crippen LogP contribution in [0.4, 0.5) is 0 Å². The van der Waals surface area contributed by atoms with Crippen LogP contribution < -0.4 is 4.74 Å². The van der Waals surface area contributed by atoms with Crippen molar-refractivity contribution in [1.82, 2.24) is 9.88 Å². The monoisotopic (exact) mass is 238 g/mol. The fourth-order valence-electron chi connectivity index (χ4n) is 1.65. The highest BCUT2D eigenvalue weighted by Crippen LogP contribution is 2.18. The van der Waals surface area contributed by atoms with E-state index in [4.69, 9.17) is 4.74 Å². The number of amides is 1. The van der Waals surface area contributed by atoms with Crippen LogP contribution in [0.1, 0.15) is 10.4 Å². The van der Waals surface area contributed by atoms with Crippen LogP contribution in [0.5, 0.6) is 5.88 Å². The molecule has 4 nitrogen and oxygen atoms in total. The molecule has 0 spiro atoms. The zero-order valence-corrected chi connectivity index (χ0v) is 10.00. The van der Waals surface area contributed by atoms with Gasteiger partial charge in [0.25, 0.3) is 5.91 Å². The molecule has 0 atom stereocenters. The molecule has 0 radical (unpaired) electrons. The molecule has 1 aliphatic rings. The second kappa shape index (κ2) is 5.21. The summed E-state index contributed by atoms with van der Waals surface area (Å²) in [7, 11) is 1.53. The summed E-state index contributed by atoms with van der Waals surface area (Å²) in [4.78, 5) is 18.1. The van der Waals surface area contributed by atoms with Gasteiger partial charge in [0.2, 0.25) is 5.88 Å². The van der Waals surface area contributed by atoms with E-state index in [9.17, 15) is 4.79 Å². The van der Waals surface area contributed by atoms with Crippen molar-refractivity contribution < 1.29 is 9.53 Å². The Labute approximate surface area is 99.0 Å². The van der Waals surface area contributed by atoms with Crippen LogP contribution in [-0.2, 0) is 0 Å². The molecule has 1 saturated heterocycles. The minimum absolute atomic E-state index is 0.0188. The van der Waals surface area contributed by atoms with E-state index in [0.717, 1.165) is 24.6 Å². The standard InChI is InChI=1S/C11H14N2O2S/c1-15-10-9(3-2-4-12-10)11(14)13-5-7-16-8-6-13/h2-4H,5-8H2,1H3. The molecule has 1 amide bonds. The van der Waals surface area contributed by atoms with Crippen LogP contribution in [0.3, 0.4) is 0 Å². The lowest BCUT2D eigenvalue weighted by atomic mass is 10.2. The van der Waals surface area contributed by atoms with E-state index in [1.54, 1.807) is 18.3 Å². The third kappa shape index (κ3) is 2.29. The van der Waals surface area contributed by atoms with Gasteiger partial charge < -0.3 is 9.64 Å². The maximum atomic E-state index is 12.2. The van der Waals surface area contributed by atoms with E-state index in [1.165, 1.54) is 7.11 Å². The fraction of sp³-hybridized carbons (Fsp3) is 0.455. The second-order valence-corrected chi connectivity index (χ2v) is 4.69. The van der Waals surface area contributed by atoms with E-state index in [1.807, 2.05) is 16.7 Å². The molecule has 0 unspecified atom stereocenters. The molecule has 1 fully saturated rings. The molecule has 0 saturated carbocycles. The maximum Gasteiger partial charge on any atom is 0.259 e. The molecule has 5 heteroatoms. The average molecular weight is 238 g/mol. The van der Waals surface area contributed by atoms with Gasteiger partial charge in [-0.15, -0.1) is 0 Å². The lowest BCUT2D eigenvalue weighted by Gasteiger charge is -2.26.